The summed E-state index contributed by atoms with van der Waals surface area (Å²) in [7, 11) is 3.77. The molecular weight excluding hydrogens is 208 g/mol. The van der Waals surface area contributed by atoms with Gasteiger partial charge < -0.3 is 15.3 Å². The molecule has 1 rings (SSSR count). The molecule has 0 atom stereocenters. The summed E-state index contributed by atoms with van der Waals surface area (Å²) >= 11 is 0. The zero-order chi connectivity index (χ0) is 12.2. The Hall–Kier alpha value is -1.10. The molecule has 0 aromatic heterocycles. The summed E-state index contributed by atoms with van der Waals surface area (Å²) in [5.74, 6) is -1.07. The second-order valence-corrected chi connectivity index (χ2v) is 4.70. The van der Waals surface area contributed by atoms with Crippen molar-refractivity contribution in [3.05, 3.63) is 0 Å². The van der Waals surface area contributed by atoms with Crippen LogP contribution < -0.4 is 5.32 Å². The number of nitrogens with one attached hydrogen (secondary N) is 1. The monoisotopic (exact) mass is 228 g/mol. The Morgan fingerprint density at radius 1 is 1.31 bits per heavy atom. The number of carboxylic acid groups (broad SMARTS) is 1. The van der Waals surface area contributed by atoms with E-state index in [9.17, 15) is 9.59 Å². The van der Waals surface area contributed by atoms with Gasteiger partial charge in [0.05, 0.1) is 0 Å². The van der Waals surface area contributed by atoms with E-state index >= 15 is 0 Å². The van der Waals surface area contributed by atoms with E-state index in [0.29, 0.717) is 25.8 Å². The third-order valence-corrected chi connectivity index (χ3v) is 3.03. The van der Waals surface area contributed by atoms with Crippen molar-refractivity contribution >= 4 is 11.9 Å². The summed E-state index contributed by atoms with van der Waals surface area (Å²) in [6.07, 6.45) is 3.20. The van der Waals surface area contributed by atoms with Gasteiger partial charge in [0.15, 0.2) is 0 Å². The Kier molecular flexibility index (Phi) is 4.29. The number of carbonyl (C=O) groups excluding carboxylic acids is 1. The van der Waals surface area contributed by atoms with E-state index in [2.05, 4.69) is 5.32 Å². The summed E-state index contributed by atoms with van der Waals surface area (Å²) < 4.78 is 0. The van der Waals surface area contributed by atoms with Gasteiger partial charge >= 0.3 is 5.97 Å². The highest BCUT2D eigenvalue weighted by atomic mass is 16.4. The van der Waals surface area contributed by atoms with E-state index in [0.717, 1.165) is 12.8 Å². The minimum Gasteiger partial charge on any atom is -0.480 e. The Balaban J connectivity index is 2.49. The quantitative estimate of drug-likeness (QED) is 0.717. The van der Waals surface area contributed by atoms with Crippen molar-refractivity contribution in [2.75, 3.05) is 20.6 Å². The number of hydrogen-bond donors (Lipinski definition) is 2. The predicted molar refractivity (Wildman–Crippen MR) is 60.1 cm³/mol. The molecule has 0 radical (unpaired) electrons. The highest BCUT2D eigenvalue weighted by Gasteiger charge is 2.42. The molecule has 0 unspecified atom stereocenters. The molecule has 92 valence electrons. The first-order valence-electron chi connectivity index (χ1n) is 5.65. The Labute approximate surface area is 95.8 Å². The summed E-state index contributed by atoms with van der Waals surface area (Å²) in [6.45, 7) is 0.640. The molecule has 1 amide bonds. The lowest BCUT2D eigenvalue weighted by Gasteiger charge is -2.25. The highest BCUT2D eigenvalue weighted by Crippen LogP contribution is 2.29. The molecule has 16 heavy (non-hydrogen) atoms. The molecule has 1 aliphatic rings. The van der Waals surface area contributed by atoms with Gasteiger partial charge in [0, 0.05) is 13.0 Å². The average molecular weight is 228 g/mol. The van der Waals surface area contributed by atoms with E-state index < -0.39 is 11.5 Å². The van der Waals surface area contributed by atoms with Crippen LogP contribution in [-0.2, 0) is 9.59 Å². The fourth-order valence-corrected chi connectivity index (χ4v) is 2.03. The van der Waals surface area contributed by atoms with Crippen LogP contribution in [0.15, 0.2) is 0 Å². The molecule has 0 aromatic rings. The molecule has 2 N–H and O–H groups in total. The van der Waals surface area contributed by atoms with E-state index in [4.69, 9.17) is 5.11 Å². The van der Waals surface area contributed by atoms with Crippen LogP contribution >= 0.6 is 0 Å². The smallest absolute Gasteiger partial charge is 0.329 e. The van der Waals surface area contributed by atoms with Gasteiger partial charge in [0.25, 0.3) is 0 Å². The van der Waals surface area contributed by atoms with Crippen molar-refractivity contribution < 1.29 is 14.7 Å². The molecular formula is C11H20N2O3. The van der Waals surface area contributed by atoms with Crippen molar-refractivity contribution in [1.29, 1.82) is 0 Å². The zero-order valence-electron chi connectivity index (χ0n) is 9.95. The van der Waals surface area contributed by atoms with Crippen LogP contribution in [0.4, 0.5) is 0 Å². The SMILES string of the molecule is CN(C)CCC(=O)NC1(C(=O)O)CCCC1. The maximum Gasteiger partial charge on any atom is 0.329 e. The van der Waals surface area contributed by atoms with Crippen LogP contribution in [0.3, 0.4) is 0 Å². The van der Waals surface area contributed by atoms with Crippen LogP contribution in [0.1, 0.15) is 32.1 Å². The second-order valence-electron chi connectivity index (χ2n) is 4.70. The lowest BCUT2D eigenvalue weighted by Crippen LogP contribution is -2.52. The van der Waals surface area contributed by atoms with Crippen LogP contribution in [0, 0.1) is 0 Å². The number of aliphatic carboxylic acids is 1. The third kappa shape index (κ3) is 3.20. The van der Waals surface area contributed by atoms with Gasteiger partial charge in [-0.1, -0.05) is 12.8 Å². The molecule has 0 bridgehead atoms. The van der Waals surface area contributed by atoms with Gasteiger partial charge in [-0.3, -0.25) is 4.79 Å². The van der Waals surface area contributed by atoms with Crippen molar-refractivity contribution in [1.82, 2.24) is 10.2 Å². The van der Waals surface area contributed by atoms with Gasteiger partial charge in [0.2, 0.25) is 5.91 Å². The van der Waals surface area contributed by atoms with Crippen molar-refractivity contribution in [2.24, 2.45) is 0 Å². The lowest BCUT2D eigenvalue weighted by atomic mass is 9.97. The van der Waals surface area contributed by atoms with Crippen LogP contribution in [0.25, 0.3) is 0 Å². The topological polar surface area (TPSA) is 69.6 Å². The fraction of sp³-hybridized carbons (Fsp3) is 0.818. The molecule has 5 nitrogen and oxygen atoms in total. The number of nitrogens with zero attached hydrogens (tertiary/aromatic N) is 1. The van der Waals surface area contributed by atoms with Gasteiger partial charge in [-0.25, -0.2) is 4.79 Å². The van der Waals surface area contributed by atoms with Crippen LogP contribution in [-0.4, -0.2) is 48.1 Å². The van der Waals surface area contributed by atoms with E-state index in [1.807, 2.05) is 19.0 Å². The van der Waals surface area contributed by atoms with Crippen LogP contribution in [0.2, 0.25) is 0 Å². The molecule has 1 saturated carbocycles. The van der Waals surface area contributed by atoms with Gasteiger partial charge in [-0.15, -0.1) is 0 Å². The fourth-order valence-electron chi connectivity index (χ4n) is 2.03. The third-order valence-electron chi connectivity index (χ3n) is 3.03. The van der Waals surface area contributed by atoms with Gasteiger partial charge in [-0.2, -0.15) is 0 Å². The number of carboxylic acids is 1. The molecule has 0 aromatic carbocycles. The zero-order valence-corrected chi connectivity index (χ0v) is 9.95. The standard InChI is InChI=1S/C11H20N2O3/c1-13(2)8-5-9(14)12-11(10(15)16)6-3-4-7-11/h3-8H2,1-2H3,(H,12,14)(H,15,16). The first-order chi connectivity index (χ1) is 7.46. The first-order valence-corrected chi connectivity index (χ1v) is 5.65. The van der Waals surface area contributed by atoms with Crippen molar-refractivity contribution in [2.45, 2.75) is 37.6 Å². The molecule has 1 fully saturated rings. The second kappa shape index (κ2) is 5.30. The van der Waals surface area contributed by atoms with E-state index in [1.165, 1.54) is 0 Å². The lowest BCUT2D eigenvalue weighted by molar-refractivity contribution is -0.147. The van der Waals surface area contributed by atoms with Crippen molar-refractivity contribution in [3.63, 3.8) is 0 Å². The maximum absolute atomic E-state index is 11.6. The summed E-state index contributed by atoms with van der Waals surface area (Å²) in [6, 6.07) is 0. The first kappa shape index (κ1) is 13.0. The minimum atomic E-state index is -0.997. The largest absolute Gasteiger partial charge is 0.480 e. The maximum atomic E-state index is 11.6. The predicted octanol–water partition coefficient (Wildman–Crippen LogP) is 0.452. The van der Waals surface area contributed by atoms with Crippen molar-refractivity contribution in [3.8, 4) is 0 Å². The summed E-state index contributed by atoms with van der Waals surface area (Å²) in [4.78, 5) is 24.7. The molecule has 1 aliphatic carbocycles. The summed E-state index contributed by atoms with van der Waals surface area (Å²) in [5.41, 5.74) is -0.997. The minimum absolute atomic E-state index is 0.169. The van der Waals surface area contributed by atoms with Crippen LogP contribution in [0.5, 0.6) is 0 Å². The van der Waals surface area contributed by atoms with Gasteiger partial charge in [0.1, 0.15) is 5.54 Å². The normalized spacial score (nSPS) is 18.7. The molecule has 0 aliphatic heterocycles. The number of hydrogen-bond acceptors (Lipinski definition) is 3. The highest BCUT2D eigenvalue weighted by molar-refractivity contribution is 5.87. The Bertz CT molecular complexity index is 270. The Morgan fingerprint density at radius 3 is 2.31 bits per heavy atom. The molecule has 0 heterocycles. The number of rotatable bonds is 5. The van der Waals surface area contributed by atoms with Gasteiger partial charge in [-0.05, 0) is 26.9 Å². The average Bonchev–Trinajstić information content (AvgIpc) is 2.64. The van der Waals surface area contributed by atoms with E-state index in [-0.39, 0.29) is 5.91 Å². The number of amides is 1. The number of carbonyl (C=O) groups is 2. The Morgan fingerprint density at radius 2 is 1.88 bits per heavy atom. The summed E-state index contributed by atoms with van der Waals surface area (Å²) in [5, 5.41) is 11.8. The molecule has 0 saturated heterocycles. The molecule has 0 spiro atoms. The molecule has 5 heteroatoms. The van der Waals surface area contributed by atoms with E-state index in [1.54, 1.807) is 0 Å².